The molecule has 1 heterocycles. The third kappa shape index (κ3) is 3.67. The zero-order chi connectivity index (χ0) is 14.6. The van der Waals surface area contributed by atoms with Crippen LogP contribution in [0, 0.1) is 0 Å². The van der Waals surface area contributed by atoms with Crippen LogP contribution in [-0.4, -0.2) is 11.0 Å². The molecular weight excluding hydrogens is 250 g/mol. The first-order valence-corrected chi connectivity index (χ1v) is 6.63. The highest BCUT2D eigenvalue weighted by Crippen LogP contribution is 2.22. The van der Waals surface area contributed by atoms with E-state index in [4.69, 9.17) is 4.74 Å². The Morgan fingerprint density at radius 2 is 1.85 bits per heavy atom. The van der Waals surface area contributed by atoms with Crippen molar-refractivity contribution in [1.29, 1.82) is 0 Å². The van der Waals surface area contributed by atoms with Crippen molar-refractivity contribution in [3.8, 4) is 0 Å². The number of nitrogens with zero attached hydrogens (tertiary/aromatic N) is 1. The van der Waals surface area contributed by atoms with E-state index in [-0.39, 0.29) is 18.0 Å². The van der Waals surface area contributed by atoms with Crippen LogP contribution in [0.1, 0.15) is 42.3 Å². The second kappa shape index (κ2) is 5.87. The smallest absolute Gasteiger partial charge is 0.340 e. The van der Waals surface area contributed by atoms with Gasteiger partial charge in [0, 0.05) is 12.4 Å². The van der Waals surface area contributed by atoms with Crippen molar-refractivity contribution in [1.82, 2.24) is 4.98 Å². The molecule has 1 aromatic heterocycles. The molecule has 0 spiro atoms. The molecule has 0 saturated carbocycles. The quantitative estimate of drug-likeness (QED) is 0.797. The Bertz CT molecular complexity index is 568. The van der Waals surface area contributed by atoms with E-state index in [1.807, 2.05) is 12.1 Å². The van der Waals surface area contributed by atoms with Crippen molar-refractivity contribution in [3.05, 3.63) is 65.5 Å². The summed E-state index contributed by atoms with van der Waals surface area (Å²) in [6.45, 7) is 6.79. The number of benzene rings is 1. The first-order chi connectivity index (χ1) is 9.47. The van der Waals surface area contributed by atoms with Crippen LogP contribution in [0.2, 0.25) is 0 Å². The number of rotatable bonds is 3. The van der Waals surface area contributed by atoms with Crippen molar-refractivity contribution in [2.75, 3.05) is 0 Å². The molecule has 0 aliphatic rings. The minimum absolute atomic E-state index is 0.130. The zero-order valence-electron chi connectivity index (χ0n) is 12.1. The molecule has 0 aliphatic heterocycles. The number of pyridine rings is 1. The Labute approximate surface area is 119 Å². The average molecular weight is 269 g/mol. The molecule has 20 heavy (non-hydrogen) atoms. The van der Waals surface area contributed by atoms with Crippen LogP contribution in [0.25, 0.3) is 0 Å². The fourth-order valence-electron chi connectivity index (χ4n) is 1.82. The van der Waals surface area contributed by atoms with Crippen molar-refractivity contribution in [2.45, 2.75) is 32.8 Å². The van der Waals surface area contributed by atoms with Crippen LogP contribution in [0.5, 0.6) is 0 Å². The zero-order valence-corrected chi connectivity index (χ0v) is 12.1. The molecule has 3 heteroatoms. The lowest BCUT2D eigenvalue weighted by Crippen LogP contribution is -2.11. The van der Waals surface area contributed by atoms with Crippen molar-refractivity contribution >= 4 is 5.97 Å². The van der Waals surface area contributed by atoms with E-state index < -0.39 is 0 Å². The number of esters is 1. The largest absolute Gasteiger partial charge is 0.457 e. The molecule has 0 saturated heterocycles. The number of ether oxygens (including phenoxy) is 1. The lowest BCUT2D eigenvalue weighted by atomic mass is 9.87. The van der Waals surface area contributed by atoms with Crippen LogP contribution < -0.4 is 0 Å². The number of hydrogen-bond acceptors (Lipinski definition) is 3. The van der Waals surface area contributed by atoms with Gasteiger partial charge in [0.1, 0.15) is 6.61 Å². The van der Waals surface area contributed by atoms with Crippen molar-refractivity contribution < 1.29 is 9.53 Å². The van der Waals surface area contributed by atoms with Crippen molar-refractivity contribution in [3.63, 3.8) is 0 Å². The van der Waals surface area contributed by atoms with Gasteiger partial charge >= 0.3 is 5.97 Å². The first-order valence-electron chi connectivity index (χ1n) is 6.63. The van der Waals surface area contributed by atoms with Crippen LogP contribution in [0.3, 0.4) is 0 Å². The highest BCUT2D eigenvalue weighted by atomic mass is 16.5. The molecule has 3 nitrogen and oxygen atoms in total. The van der Waals surface area contributed by atoms with E-state index in [1.165, 1.54) is 11.8 Å². The molecule has 1 aromatic carbocycles. The number of carbonyl (C=O) groups excluding carboxylic acids is 1. The normalized spacial score (nSPS) is 11.2. The minimum Gasteiger partial charge on any atom is -0.457 e. The van der Waals surface area contributed by atoms with Gasteiger partial charge in [0.15, 0.2) is 0 Å². The summed E-state index contributed by atoms with van der Waals surface area (Å²) in [5, 5.41) is 0. The number of carbonyl (C=O) groups is 1. The van der Waals surface area contributed by atoms with Gasteiger partial charge in [-0.2, -0.15) is 0 Å². The van der Waals surface area contributed by atoms with Gasteiger partial charge < -0.3 is 4.74 Å². The highest BCUT2D eigenvalue weighted by molar-refractivity contribution is 5.88. The van der Waals surface area contributed by atoms with Crippen LogP contribution in [-0.2, 0) is 16.8 Å². The third-order valence-electron chi connectivity index (χ3n) is 3.09. The maximum atomic E-state index is 11.8. The Hall–Kier alpha value is -2.16. The molecule has 0 N–H and O–H groups in total. The van der Waals surface area contributed by atoms with Gasteiger partial charge in [0.2, 0.25) is 0 Å². The van der Waals surface area contributed by atoms with Crippen molar-refractivity contribution in [2.24, 2.45) is 0 Å². The lowest BCUT2D eigenvalue weighted by molar-refractivity contribution is 0.0472. The summed E-state index contributed by atoms with van der Waals surface area (Å²) in [5.74, 6) is -0.349. The molecule has 0 bridgehead atoms. The molecule has 0 radical (unpaired) electrons. The second-order valence-electron chi connectivity index (χ2n) is 5.76. The highest BCUT2D eigenvalue weighted by Gasteiger charge is 2.13. The topological polar surface area (TPSA) is 39.2 Å². The summed E-state index contributed by atoms with van der Waals surface area (Å²) in [5.41, 5.74) is 2.85. The predicted octanol–water partition coefficient (Wildman–Crippen LogP) is 3.74. The van der Waals surface area contributed by atoms with Crippen LogP contribution in [0.15, 0.2) is 48.8 Å². The van der Waals surface area contributed by atoms with Gasteiger partial charge in [-0.1, -0.05) is 45.0 Å². The summed E-state index contributed by atoms with van der Waals surface area (Å²) in [6.07, 6.45) is 3.13. The van der Waals surface area contributed by atoms with Gasteiger partial charge in [-0.25, -0.2) is 4.79 Å². The van der Waals surface area contributed by atoms with E-state index >= 15 is 0 Å². The molecule has 2 rings (SSSR count). The van der Waals surface area contributed by atoms with E-state index in [1.54, 1.807) is 18.3 Å². The maximum Gasteiger partial charge on any atom is 0.340 e. The first kappa shape index (κ1) is 14.3. The summed E-state index contributed by atoms with van der Waals surface area (Å²) < 4.78 is 5.26. The van der Waals surface area contributed by atoms with Crippen LogP contribution in [0.4, 0.5) is 0 Å². The molecule has 104 valence electrons. The SMILES string of the molecule is CC(C)(C)c1ccc(COC(=O)c2cccnc2)cc1. The predicted molar refractivity (Wildman–Crippen MR) is 78.5 cm³/mol. The molecule has 0 fully saturated rings. The van der Waals surface area contributed by atoms with E-state index in [0.717, 1.165) is 5.56 Å². The Balaban J connectivity index is 1.96. The van der Waals surface area contributed by atoms with Gasteiger partial charge in [-0.05, 0) is 28.7 Å². The Kier molecular flexibility index (Phi) is 4.18. The molecule has 0 atom stereocenters. The minimum atomic E-state index is -0.349. The Morgan fingerprint density at radius 1 is 1.15 bits per heavy atom. The summed E-state index contributed by atoms with van der Waals surface area (Å²) >= 11 is 0. The molecule has 0 amide bonds. The number of aromatic nitrogens is 1. The van der Waals surface area contributed by atoms with Crippen LogP contribution >= 0.6 is 0 Å². The molecule has 2 aromatic rings. The molecule has 0 unspecified atom stereocenters. The van der Waals surface area contributed by atoms with Gasteiger partial charge in [-0.3, -0.25) is 4.98 Å². The summed E-state index contributed by atoms with van der Waals surface area (Å²) in [6, 6.07) is 11.6. The van der Waals surface area contributed by atoms with E-state index in [2.05, 4.69) is 37.9 Å². The average Bonchev–Trinajstić information content (AvgIpc) is 2.45. The van der Waals surface area contributed by atoms with Gasteiger partial charge in [-0.15, -0.1) is 0 Å². The maximum absolute atomic E-state index is 11.8. The van der Waals surface area contributed by atoms with Gasteiger partial charge in [0.05, 0.1) is 5.56 Å². The monoisotopic (exact) mass is 269 g/mol. The second-order valence-corrected chi connectivity index (χ2v) is 5.76. The lowest BCUT2D eigenvalue weighted by Gasteiger charge is -2.19. The molecule has 0 aliphatic carbocycles. The summed E-state index contributed by atoms with van der Waals surface area (Å²) in [7, 11) is 0. The summed E-state index contributed by atoms with van der Waals surface area (Å²) in [4.78, 5) is 15.7. The van der Waals surface area contributed by atoms with E-state index in [9.17, 15) is 4.79 Å². The standard InChI is InChI=1S/C17H19NO2/c1-17(2,3)15-8-6-13(7-9-15)12-20-16(19)14-5-4-10-18-11-14/h4-11H,12H2,1-3H3. The van der Waals surface area contributed by atoms with E-state index in [0.29, 0.717) is 5.56 Å². The molecular formula is C17H19NO2. The fourth-order valence-corrected chi connectivity index (χ4v) is 1.82. The number of hydrogen-bond donors (Lipinski definition) is 0. The third-order valence-corrected chi connectivity index (χ3v) is 3.09. The Morgan fingerprint density at radius 3 is 2.40 bits per heavy atom. The van der Waals surface area contributed by atoms with Gasteiger partial charge in [0.25, 0.3) is 0 Å². The fraction of sp³-hybridized carbons (Fsp3) is 0.294.